The third-order valence-corrected chi connectivity index (χ3v) is 6.82. The van der Waals surface area contributed by atoms with E-state index in [2.05, 4.69) is 33.6 Å². The summed E-state index contributed by atoms with van der Waals surface area (Å²) in [6.45, 7) is 0. The molecule has 1 aromatic carbocycles. The maximum absolute atomic E-state index is 13.2. The number of aromatic amines is 1. The van der Waals surface area contributed by atoms with E-state index in [0.29, 0.717) is 5.75 Å². The number of hydrogen-bond acceptors (Lipinski definition) is 8. The van der Waals surface area contributed by atoms with Gasteiger partial charge in [-0.25, -0.2) is 4.79 Å². The number of rotatable bonds is 16. The highest BCUT2D eigenvalue weighted by molar-refractivity contribution is 7.98. The van der Waals surface area contributed by atoms with Crippen LogP contribution in [0.3, 0.4) is 0 Å². The molecule has 9 N–H and O–H groups in total. The molecule has 0 spiro atoms. The Balaban J connectivity index is 2.22. The Labute approximate surface area is 229 Å². The van der Waals surface area contributed by atoms with Crippen molar-refractivity contribution < 1.29 is 29.1 Å². The molecule has 2 rings (SSSR count). The van der Waals surface area contributed by atoms with E-state index in [9.17, 15) is 29.1 Å². The van der Waals surface area contributed by atoms with Gasteiger partial charge in [-0.3, -0.25) is 19.2 Å². The van der Waals surface area contributed by atoms with Crippen LogP contribution in [0.25, 0.3) is 10.9 Å². The van der Waals surface area contributed by atoms with Gasteiger partial charge in [0, 0.05) is 35.7 Å². The fourth-order valence-electron chi connectivity index (χ4n) is 3.67. The number of carbonyl (C=O) groups excluding carboxylic acids is 4. The van der Waals surface area contributed by atoms with Gasteiger partial charge in [0.1, 0.15) is 18.1 Å². The Morgan fingerprint density at radius 2 is 1.63 bits per heavy atom. The second kappa shape index (κ2) is 15.2. The van der Waals surface area contributed by atoms with E-state index in [-0.39, 0.29) is 31.4 Å². The van der Waals surface area contributed by atoms with E-state index in [1.165, 1.54) is 11.8 Å². The minimum atomic E-state index is -1.19. The maximum atomic E-state index is 13.2. The van der Waals surface area contributed by atoms with Gasteiger partial charge in [-0.1, -0.05) is 18.2 Å². The molecule has 4 atom stereocenters. The highest BCUT2D eigenvalue weighted by Crippen LogP contribution is 2.19. The van der Waals surface area contributed by atoms with Crippen LogP contribution in [0.5, 0.6) is 0 Å². The zero-order valence-electron chi connectivity index (χ0n) is 20.9. The lowest BCUT2D eigenvalue weighted by Gasteiger charge is -2.24. The van der Waals surface area contributed by atoms with E-state index >= 15 is 0 Å². The Hall–Kier alpha value is -3.23. The molecule has 0 saturated carbocycles. The average Bonchev–Trinajstić information content (AvgIpc) is 3.29. The van der Waals surface area contributed by atoms with Crippen LogP contribution in [-0.4, -0.2) is 81.6 Å². The standard InChI is InChI=1S/C24H34N6O6S2/c1-38-9-8-17(24(35)36)28-22(33)18(10-13-11-27-16-5-3-2-4-14(13)16)29-23(34)19(12-37)30-21(32)15(25)6-7-20(26)31/h2-5,11,15,17-19,27,37H,6-10,12,25H2,1H3,(H2,26,31)(H,28,33)(H,29,34)(H,30,32)(H,35,36). The highest BCUT2D eigenvalue weighted by Gasteiger charge is 2.30. The number of fused-ring (bicyclic) bond motifs is 1. The molecule has 0 radical (unpaired) electrons. The molecule has 4 unspecified atom stereocenters. The van der Waals surface area contributed by atoms with Crippen LogP contribution in [-0.2, 0) is 30.4 Å². The quantitative estimate of drug-likeness (QED) is 0.124. The number of para-hydroxylation sites is 1. The topological polar surface area (TPSA) is 210 Å². The molecule has 0 aliphatic carbocycles. The number of thiol groups is 1. The molecule has 1 heterocycles. The highest BCUT2D eigenvalue weighted by atomic mass is 32.2. The lowest BCUT2D eigenvalue weighted by molar-refractivity contribution is -0.142. The van der Waals surface area contributed by atoms with Gasteiger partial charge in [0.15, 0.2) is 0 Å². The van der Waals surface area contributed by atoms with Crippen molar-refractivity contribution >= 4 is 64.9 Å². The first-order valence-corrected chi connectivity index (χ1v) is 13.9. The normalized spacial score (nSPS) is 14.2. The van der Waals surface area contributed by atoms with Crippen molar-refractivity contribution in [2.24, 2.45) is 11.5 Å². The largest absolute Gasteiger partial charge is 0.480 e. The lowest BCUT2D eigenvalue weighted by Crippen LogP contribution is -2.58. The van der Waals surface area contributed by atoms with Crippen LogP contribution in [0.4, 0.5) is 0 Å². The van der Waals surface area contributed by atoms with Gasteiger partial charge < -0.3 is 37.5 Å². The molecule has 0 saturated heterocycles. The minimum Gasteiger partial charge on any atom is -0.480 e. The first kappa shape index (κ1) is 31.0. The molecule has 14 heteroatoms. The van der Waals surface area contributed by atoms with Crippen molar-refractivity contribution in [3.8, 4) is 0 Å². The van der Waals surface area contributed by atoms with Crippen molar-refractivity contribution in [3.63, 3.8) is 0 Å². The van der Waals surface area contributed by atoms with Crippen LogP contribution in [0.1, 0.15) is 24.8 Å². The summed E-state index contributed by atoms with van der Waals surface area (Å²) in [4.78, 5) is 64.5. The van der Waals surface area contributed by atoms with Crippen LogP contribution in [0, 0.1) is 0 Å². The van der Waals surface area contributed by atoms with Crippen molar-refractivity contribution in [1.29, 1.82) is 0 Å². The molecular weight excluding hydrogens is 532 g/mol. The summed E-state index contributed by atoms with van der Waals surface area (Å²) in [5.41, 5.74) is 12.4. The van der Waals surface area contributed by atoms with Gasteiger partial charge in [0.05, 0.1) is 6.04 Å². The van der Waals surface area contributed by atoms with Crippen LogP contribution >= 0.6 is 24.4 Å². The van der Waals surface area contributed by atoms with Gasteiger partial charge in [-0.05, 0) is 36.5 Å². The average molecular weight is 567 g/mol. The summed E-state index contributed by atoms with van der Waals surface area (Å²) < 4.78 is 0. The molecule has 1 aromatic heterocycles. The Morgan fingerprint density at radius 3 is 2.26 bits per heavy atom. The molecule has 208 valence electrons. The molecule has 0 bridgehead atoms. The van der Waals surface area contributed by atoms with Crippen molar-refractivity contribution in [3.05, 3.63) is 36.0 Å². The van der Waals surface area contributed by atoms with E-state index in [4.69, 9.17) is 11.5 Å². The molecule has 0 aliphatic heterocycles. The number of carboxylic acid groups (broad SMARTS) is 1. The van der Waals surface area contributed by atoms with Gasteiger partial charge in [0.25, 0.3) is 0 Å². The third-order valence-electron chi connectivity index (χ3n) is 5.81. The van der Waals surface area contributed by atoms with Crippen LogP contribution in [0.15, 0.2) is 30.5 Å². The number of aliphatic carboxylic acids is 1. The van der Waals surface area contributed by atoms with Crippen LogP contribution < -0.4 is 27.4 Å². The molecule has 12 nitrogen and oxygen atoms in total. The number of aromatic nitrogens is 1. The number of H-pyrrole nitrogens is 1. The van der Waals surface area contributed by atoms with Gasteiger partial charge in [0.2, 0.25) is 23.6 Å². The van der Waals surface area contributed by atoms with Gasteiger partial charge >= 0.3 is 5.97 Å². The molecular formula is C24H34N6O6S2. The predicted octanol–water partition coefficient (Wildman–Crippen LogP) is -0.475. The molecule has 2 aromatic rings. The van der Waals surface area contributed by atoms with Gasteiger partial charge in [-0.2, -0.15) is 24.4 Å². The number of thioether (sulfide) groups is 1. The van der Waals surface area contributed by atoms with E-state index in [1.807, 2.05) is 30.5 Å². The number of primary amides is 1. The number of benzene rings is 1. The molecule has 38 heavy (non-hydrogen) atoms. The fourth-order valence-corrected chi connectivity index (χ4v) is 4.40. The van der Waals surface area contributed by atoms with Crippen LogP contribution in [0.2, 0.25) is 0 Å². The summed E-state index contributed by atoms with van der Waals surface area (Å²) >= 11 is 5.58. The van der Waals surface area contributed by atoms with Crippen molar-refractivity contribution in [2.45, 2.75) is 49.9 Å². The molecule has 0 fully saturated rings. The Bertz CT molecular complexity index is 1140. The SMILES string of the molecule is CSCCC(NC(=O)C(Cc1c[nH]c2ccccc12)NC(=O)C(CS)NC(=O)C(N)CCC(N)=O)C(=O)O. The van der Waals surface area contributed by atoms with E-state index in [1.54, 1.807) is 6.20 Å². The smallest absolute Gasteiger partial charge is 0.326 e. The van der Waals surface area contributed by atoms with Crippen molar-refractivity contribution in [2.75, 3.05) is 17.8 Å². The number of carboxylic acids is 1. The monoisotopic (exact) mass is 566 g/mol. The van der Waals surface area contributed by atoms with Crippen molar-refractivity contribution in [1.82, 2.24) is 20.9 Å². The predicted molar refractivity (Wildman–Crippen MR) is 149 cm³/mol. The zero-order valence-corrected chi connectivity index (χ0v) is 22.6. The van der Waals surface area contributed by atoms with E-state index in [0.717, 1.165) is 16.5 Å². The summed E-state index contributed by atoms with van der Waals surface area (Å²) in [7, 11) is 0. The Morgan fingerprint density at radius 1 is 1.00 bits per heavy atom. The minimum absolute atomic E-state index is 0.000292. The lowest BCUT2D eigenvalue weighted by atomic mass is 10.0. The zero-order chi connectivity index (χ0) is 28.2. The third kappa shape index (κ3) is 9.26. The molecule has 0 aliphatic rings. The first-order valence-electron chi connectivity index (χ1n) is 11.9. The second-order valence-electron chi connectivity index (χ2n) is 8.66. The summed E-state index contributed by atoms with van der Waals surface area (Å²) in [6, 6.07) is 2.91. The molecule has 4 amide bonds. The number of hydrogen-bond donors (Lipinski definition) is 8. The number of carbonyl (C=O) groups is 5. The summed E-state index contributed by atoms with van der Waals surface area (Å²) in [5, 5.41) is 18.0. The summed E-state index contributed by atoms with van der Waals surface area (Å²) in [5.74, 6) is -3.45. The number of nitrogens with two attached hydrogens (primary N) is 2. The Kier molecular flexibility index (Phi) is 12.4. The van der Waals surface area contributed by atoms with Gasteiger partial charge in [-0.15, -0.1) is 0 Å². The summed E-state index contributed by atoms with van der Waals surface area (Å²) in [6.07, 6.45) is 3.71. The maximum Gasteiger partial charge on any atom is 0.326 e. The number of amides is 4. The van der Waals surface area contributed by atoms with E-state index < -0.39 is 53.8 Å². The second-order valence-corrected chi connectivity index (χ2v) is 10.0. The first-order chi connectivity index (χ1) is 18.1. The number of nitrogens with one attached hydrogen (secondary N) is 4. The fraction of sp³-hybridized carbons (Fsp3) is 0.458.